The van der Waals surface area contributed by atoms with E-state index in [1.54, 1.807) is 11.3 Å². The monoisotopic (exact) mass is 506 g/mol. The Hall–Kier alpha value is -3.11. The number of thiophene rings is 1. The molecule has 2 saturated carbocycles. The molecule has 3 aromatic rings. The van der Waals surface area contributed by atoms with E-state index in [9.17, 15) is 4.79 Å². The summed E-state index contributed by atoms with van der Waals surface area (Å²) in [6.07, 6.45) is 16.2. The lowest BCUT2D eigenvalue weighted by Gasteiger charge is -2.31. The molecule has 6 rings (SSSR count). The van der Waals surface area contributed by atoms with Crippen molar-refractivity contribution in [3.8, 4) is 0 Å². The first kappa shape index (κ1) is 24.2. The van der Waals surface area contributed by atoms with Gasteiger partial charge in [-0.25, -0.2) is 0 Å². The molecule has 1 heterocycles. The number of carbonyl (C=O) groups is 1. The Morgan fingerprint density at radius 1 is 0.730 bits per heavy atom. The lowest BCUT2D eigenvalue weighted by atomic mass is 9.73. The minimum Gasteiger partial charge on any atom is -0.289 e. The van der Waals surface area contributed by atoms with Gasteiger partial charge in [0.25, 0.3) is 0 Å². The van der Waals surface area contributed by atoms with E-state index in [1.165, 1.54) is 48.6 Å². The number of hydrogen-bond acceptors (Lipinski definition) is 4. The summed E-state index contributed by atoms with van der Waals surface area (Å²) < 4.78 is 1.24. The third kappa shape index (κ3) is 5.31. The number of fused-ring (bicyclic) bond motifs is 1. The number of rotatable bonds is 5. The number of ketones is 1. The molecule has 0 unspecified atom stereocenters. The van der Waals surface area contributed by atoms with Crippen LogP contribution in [0.2, 0.25) is 0 Å². The number of Topliss-reactive ketones (excluding diaryl/α,β-unsaturated/α-hetero) is 1. The summed E-state index contributed by atoms with van der Waals surface area (Å²) in [5, 5.41) is 10.8. The van der Waals surface area contributed by atoms with Gasteiger partial charge in [0.05, 0.1) is 10.6 Å². The van der Waals surface area contributed by atoms with Crippen molar-refractivity contribution in [2.24, 2.45) is 22.1 Å². The van der Waals surface area contributed by atoms with Gasteiger partial charge in [-0.2, -0.15) is 5.11 Å². The lowest BCUT2D eigenvalue weighted by Crippen LogP contribution is -2.25. The number of allylic oxidation sites excluding steroid dienone is 5. The Morgan fingerprint density at radius 3 is 1.95 bits per heavy atom. The quantitative estimate of drug-likeness (QED) is 0.317. The van der Waals surface area contributed by atoms with Crippen LogP contribution in [-0.2, 0) is 4.79 Å². The van der Waals surface area contributed by atoms with Crippen LogP contribution in [0, 0.1) is 11.8 Å². The fourth-order valence-corrected chi connectivity index (χ4v) is 7.26. The average molecular weight is 507 g/mol. The van der Waals surface area contributed by atoms with E-state index < -0.39 is 0 Å². The predicted molar refractivity (Wildman–Crippen MR) is 154 cm³/mol. The highest BCUT2D eigenvalue weighted by Crippen LogP contribution is 2.42. The van der Waals surface area contributed by atoms with Gasteiger partial charge < -0.3 is 0 Å². The van der Waals surface area contributed by atoms with Gasteiger partial charge in [0.1, 0.15) is 5.70 Å². The number of benzene rings is 2. The molecule has 0 aliphatic heterocycles. The Labute approximate surface area is 223 Å². The summed E-state index contributed by atoms with van der Waals surface area (Å²) >= 11 is 1.75. The third-order valence-electron chi connectivity index (χ3n) is 8.19. The second kappa shape index (κ2) is 11.1. The first-order chi connectivity index (χ1) is 18.3. The normalized spacial score (nSPS) is 19.9. The van der Waals surface area contributed by atoms with Crippen molar-refractivity contribution in [1.82, 2.24) is 0 Å². The smallest absolute Gasteiger partial charge is 0.185 e. The van der Waals surface area contributed by atoms with Gasteiger partial charge in [-0.1, -0.05) is 74.9 Å². The number of hydrogen-bond donors (Lipinski definition) is 0. The minimum absolute atomic E-state index is 0.304. The van der Waals surface area contributed by atoms with E-state index in [2.05, 4.69) is 47.6 Å². The molecule has 3 aliphatic rings. The summed E-state index contributed by atoms with van der Waals surface area (Å²) in [6, 6.07) is 20.6. The van der Waals surface area contributed by atoms with Crippen LogP contribution in [0.1, 0.15) is 69.1 Å². The van der Waals surface area contributed by atoms with Crippen LogP contribution in [0.15, 0.2) is 99.8 Å². The molecule has 0 N–H and O–H groups in total. The first-order valence-corrected chi connectivity index (χ1v) is 14.8. The minimum atomic E-state index is 0.304. The van der Waals surface area contributed by atoms with Crippen molar-refractivity contribution in [2.75, 3.05) is 0 Å². The molecule has 2 aromatic carbocycles. The molecule has 37 heavy (non-hydrogen) atoms. The van der Waals surface area contributed by atoms with E-state index >= 15 is 0 Å². The third-order valence-corrected chi connectivity index (χ3v) is 9.31. The van der Waals surface area contributed by atoms with Gasteiger partial charge in [-0.15, -0.1) is 16.5 Å². The van der Waals surface area contributed by atoms with Gasteiger partial charge in [0, 0.05) is 21.4 Å². The second-order valence-electron chi connectivity index (χ2n) is 10.7. The van der Waals surface area contributed by atoms with E-state index in [1.807, 2.05) is 30.3 Å². The van der Waals surface area contributed by atoms with Gasteiger partial charge in [0.15, 0.2) is 5.78 Å². The van der Waals surface area contributed by atoms with E-state index in [0.717, 1.165) is 58.7 Å². The number of nitrogens with zero attached hydrogens (tertiary/aromatic N) is 2. The standard InChI is InChI=1S/C33H34N2OS/c36-33-28(23-12-4-1-5-13-23)20-26(21-29(33)24-14-6-2-7-15-24)32(35-34-27-17-8-3-9-18-27)31-22-25-16-10-11-19-30(25)37-31/h3,8-11,16-24H,1-2,4-7,12-15H2. The summed E-state index contributed by atoms with van der Waals surface area (Å²) in [6.45, 7) is 0. The van der Waals surface area contributed by atoms with E-state index in [4.69, 9.17) is 5.11 Å². The zero-order chi connectivity index (χ0) is 25.0. The Bertz CT molecular complexity index is 1320. The average Bonchev–Trinajstić information content (AvgIpc) is 3.39. The molecular formula is C33H34N2OS. The van der Waals surface area contributed by atoms with Crippen LogP contribution < -0.4 is 0 Å². The molecule has 3 aliphatic carbocycles. The van der Waals surface area contributed by atoms with Crippen molar-refractivity contribution < 1.29 is 4.79 Å². The molecule has 0 saturated heterocycles. The van der Waals surface area contributed by atoms with Crippen molar-refractivity contribution in [2.45, 2.75) is 64.2 Å². The van der Waals surface area contributed by atoms with E-state index in [0.29, 0.717) is 17.6 Å². The Kier molecular flexibility index (Phi) is 7.27. The molecule has 0 radical (unpaired) electrons. The topological polar surface area (TPSA) is 41.8 Å². The van der Waals surface area contributed by atoms with E-state index in [-0.39, 0.29) is 0 Å². The van der Waals surface area contributed by atoms with Gasteiger partial charge in [0.2, 0.25) is 0 Å². The summed E-state index contributed by atoms with van der Waals surface area (Å²) in [4.78, 5) is 15.0. The predicted octanol–water partition coefficient (Wildman–Crippen LogP) is 9.99. The zero-order valence-corrected chi connectivity index (χ0v) is 22.2. The van der Waals surface area contributed by atoms with Gasteiger partial charge in [-0.05, 0) is 79.3 Å². The zero-order valence-electron chi connectivity index (χ0n) is 21.4. The molecule has 0 atom stereocenters. The highest BCUT2D eigenvalue weighted by molar-refractivity contribution is 7.20. The first-order valence-electron chi connectivity index (χ1n) is 13.9. The van der Waals surface area contributed by atoms with Crippen LogP contribution in [0.4, 0.5) is 5.69 Å². The summed E-state index contributed by atoms with van der Waals surface area (Å²) in [5.74, 6) is 1.02. The fourth-order valence-electron chi connectivity index (χ4n) is 6.20. The highest BCUT2D eigenvalue weighted by Gasteiger charge is 2.33. The summed E-state index contributed by atoms with van der Waals surface area (Å²) in [5.41, 5.74) is 4.80. The van der Waals surface area contributed by atoms with Gasteiger partial charge in [-0.3, -0.25) is 4.79 Å². The van der Waals surface area contributed by atoms with Crippen LogP contribution in [0.25, 0.3) is 15.8 Å². The molecule has 0 amide bonds. The molecule has 2 fully saturated rings. The fraction of sp³-hybridized carbons (Fsp3) is 0.364. The molecule has 3 nitrogen and oxygen atoms in total. The van der Waals surface area contributed by atoms with Crippen LogP contribution in [-0.4, -0.2) is 5.78 Å². The molecular weight excluding hydrogens is 472 g/mol. The highest BCUT2D eigenvalue weighted by atomic mass is 32.1. The second-order valence-corrected chi connectivity index (χ2v) is 11.8. The maximum Gasteiger partial charge on any atom is 0.185 e. The summed E-state index contributed by atoms with van der Waals surface area (Å²) in [7, 11) is 0. The van der Waals surface area contributed by atoms with Crippen LogP contribution >= 0.6 is 11.3 Å². The van der Waals surface area contributed by atoms with Crippen molar-refractivity contribution >= 4 is 38.6 Å². The molecule has 188 valence electrons. The molecule has 0 bridgehead atoms. The lowest BCUT2D eigenvalue weighted by molar-refractivity contribution is -0.113. The maximum atomic E-state index is 13.9. The van der Waals surface area contributed by atoms with Crippen molar-refractivity contribution in [1.29, 1.82) is 0 Å². The number of azo groups is 1. The molecule has 0 spiro atoms. The van der Waals surface area contributed by atoms with Gasteiger partial charge >= 0.3 is 0 Å². The molecule has 4 heteroatoms. The maximum absolute atomic E-state index is 13.9. The largest absolute Gasteiger partial charge is 0.289 e. The SMILES string of the molecule is O=C1C(C2CCCCC2)=CC(=C(N=Nc2ccccc2)c2cc3ccccc3s2)C=C1C1CCCCC1. The molecule has 1 aromatic heterocycles. The number of carbonyl (C=O) groups excluding carboxylic acids is 1. The van der Waals surface area contributed by atoms with Crippen LogP contribution in [0.5, 0.6) is 0 Å². The Balaban J connectivity index is 1.52. The van der Waals surface area contributed by atoms with Crippen LogP contribution in [0.3, 0.4) is 0 Å². The van der Waals surface area contributed by atoms with Crippen molar-refractivity contribution in [3.05, 3.63) is 94.4 Å². The Morgan fingerprint density at radius 2 is 1.32 bits per heavy atom. The van der Waals surface area contributed by atoms with Crippen molar-refractivity contribution in [3.63, 3.8) is 0 Å².